The number of rotatable bonds is 7. The molecule has 8 heteroatoms. The smallest absolute Gasteiger partial charge is 0.215 e. The van der Waals surface area contributed by atoms with Crippen molar-refractivity contribution >= 4 is 10.0 Å². The molecule has 1 aromatic carbocycles. The van der Waals surface area contributed by atoms with E-state index < -0.39 is 21.9 Å². The summed E-state index contributed by atoms with van der Waals surface area (Å²) in [5.41, 5.74) is 0.385. The van der Waals surface area contributed by atoms with E-state index in [1.54, 1.807) is 41.3 Å². The van der Waals surface area contributed by atoms with Gasteiger partial charge in [-0.05, 0) is 35.9 Å². The number of hydrogen-bond acceptors (Lipinski definition) is 4. The molecule has 1 N–H and O–H groups in total. The molecule has 1 unspecified atom stereocenters. The van der Waals surface area contributed by atoms with Gasteiger partial charge in [0.25, 0.3) is 0 Å². The molecule has 0 aliphatic carbocycles. The van der Waals surface area contributed by atoms with Gasteiger partial charge in [0, 0.05) is 18.9 Å². The molecule has 0 aliphatic heterocycles. The monoisotopic (exact) mass is 349 g/mol. The third-order valence-electron chi connectivity index (χ3n) is 3.46. The van der Waals surface area contributed by atoms with Crippen molar-refractivity contribution in [1.29, 1.82) is 0 Å². The molecule has 2 heterocycles. The molecule has 6 nitrogen and oxygen atoms in total. The molecule has 0 saturated carbocycles. The second-order valence-corrected chi connectivity index (χ2v) is 7.06. The Morgan fingerprint density at radius 2 is 2.12 bits per heavy atom. The molecule has 1 atom stereocenters. The molecule has 0 bridgehead atoms. The molecule has 0 spiro atoms. The first-order chi connectivity index (χ1) is 11.5. The van der Waals surface area contributed by atoms with Crippen molar-refractivity contribution < 1.29 is 17.2 Å². The van der Waals surface area contributed by atoms with Gasteiger partial charge < -0.3 is 4.42 Å². The number of hydrogen-bond donors (Lipinski definition) is 1. The van der Waals surface area contributed by atoms with Crippen molar-refractivity contribution in [1.82, 2.24) is 14.5 Å². The Balaban J connectivity index is 1.72. The number of nitrogens with one attached hydrogen (secondary N) is 1. The van der Waals surface area contributed by atoms with Gasteiger partial charge in [0.2, 0.25) is 10.0 Å². The maximum atomic E-state index is 13.2. The van der Waals surface area contributed by atoms with Gasteiger partial charge in [0.1, 0.15) is 17.6 Å². The van der Waals surface area contributed by atoms with E-state index in [-0.39, 0.29) is 12.3 Å². The van der Waals surface area contributed by atoms with Crippen LogP contribution < -0.4 is 4.72 Å². The average molecular weight is 349 g/mol. The highest BCUT2D eigenvalue weighted by Crippen LogP contribution is 2.18. The standard InChI is InChI=1S/C16H16FN3O3S/c17-14-5-1-4-13(10-14)12-24(21,22)19-11-15(16-6-2-9-23-16)20-8-3-7-18-20/h1-10,15,19H,11-12H2. The first-order valence-electron chi connectivity index (χ1n) is 7.28. The number of furan rings is 1. The first kappa shape index (κ1) is 16.4. The van der Waals surface area contributed by atoms with E-state index in [0.717, 1.165) is 0 Å². The molecule has 0 radical (unpaired) electrons. The van der Waals surface area contributed by atoms with Crippen LogP contribution in [0.15, 0.2) is 65.5 Å². The quantitative estimate of drug-likeness (QED) is 0.710. The van der Waals surface area contributed by atoms with E-state index in [2.05, 4.69) is 9.82 Å². The Morgan fingerprint density at radius 1 is 1.25 bits per heavy atom. The fourth-order valence-electron chi connectivity index (χ4n) is 2.37. The molecule has 3 rings (SSSR count). The fraction of sp³-hybridized carbons (Fsp3) is 0.188. The van der Waals surface area contributed by atoms with Crippen molar-refractivity contribution in [2.75, 3.05) is 6.54 Å². The van der Waals surface area contributed by atoms with Gasteiger partial charge in [-0.2, -0.15) is 5.10 Å². The van der Waals surface area contributed by atoms with Crippen LogP contribution in [0.4, 0.5) is 4.39 Å². The first-order valence-corrected chi connectivity index (χ1v) is 8.93. The number of halogens is 1. The van der Waals surface area contributed by atoms with Crippen molar-refractivity contribution in [3.8, 4) is 0 Å². The van der Waals surface area contributed by atoms with Crippen LogP contribution in [-0.2, 0) is 15.8 Å². The van der Waals surface area contributed by atoms with Crippen LogP contribution in [0.3, 0.4) is 0 Å². The van der Waals surface area contributed by atoms with Crippen LogP contribution in [-0.4, -0.2) is 24.7 Å². The summed E-state index contributed by atoms with van der Waals surface area (Å²) in [6.45, 7) is 0.0762. The lowest BCUT2D eigenvalue weighted by Gasteiger charge is -2.16. The molecular weight excluding hydrogens is 333 g/mol. The zero-order valence-corrected chi connectivity index (χ0v) is 13.5. The lowest BCUT2D eigenvalue weighted by atomic mass is 10.2. The highest BCUT2D eigenvalue weighted by Gasteiger charge is 2.20. The van der Waals surface area contributed by atoms with Crippen LogP contribution >= 0.6 is 0 Å². The van der Waals surface area contributed by atoms with Crippen molar-refractivity contribution in [2.24, 2.45) is 0 Å². The zero-order valence-electron chi connectivity index (χ0n) is 12.7. The maximum Gasteiger partial charge on any atom is 0.215 e. The Morgan fingerprint density at radius 3 is 2.79 bits per heavy atom. The molecule has 126 valence electrons. The summed E-state index contributed by atoms with van der Waals surface area (Å²) in [7, 11) is -3.63. The second-order valence-electron chi connectivity index (χ2n) is 5.25. The minimum atomic E-state index is -3.63. The lowest BCUT2D eigenvalue weighted by Crippen LogP contribution is -2.32. The van der Waals surface area contributed by atoms with Crippen LogP contribution in [0.1, 0.15) is 17.4 Å². The number of benzene rings is 1. The molecule has 0 saturated heterocycles. The van der Waals surface area contributed by atoms with Gasteiger partial charge in [0.05, 0.1) is 12.0 Å². The second kappa shape index (κ2) is 6.98. The van der Waals surface area contributed by atoms with Crippen molar-refractivity contribution in [2.45, 2.75) is 11.8 Å². The highest BCUT2D eigenvalue weighted by atomic mass is 32.2. The normalized spacial score (nSPS) is 13.0. The van der Waals surface area contributed by atoms with E-state index in [9.17, 15) is 12.8 Å². The predicted molar refractivity (Wildman–Crippen MR) is 86.1 cm³/mol. The van der Waals surface area contributed by atoms with E-state index in [1.807, 2.05) is 0 Å². The molecule has 3 aromatic rings. The topological polar surface area (TPSA) is 77.1 Å². The summed E-state index contributed by atoms with van der Waals surface area (Å²) in [5, 5.41) is 4.14. The van der Waals surface area contributed by atoms with Crippen molar-refractivity contribution in [3.63, 3.8) is 0 Å². The number of aromatic nitrogens is 2. The average Bonchev–Trinajstić information content (AvgIpc) is 3.20. The van der Waals surface area contributed by atoms with Gasteiger partial charge in [-0.15, -0.1) is 0 Å². The van der Waals surface area contributed by atoms with E-state index in [1.165, 1.54) is 24.5 Å². The lowest BCUT2D eigenvalue weighted by molar-refractivity contribution is 0.402. The van der Waals surface area contributed by atoms with E-state index >= 15 is 0 Å². The summed E-state index contributed by atoms with van der Waals surface area (Å²) in [6.07, 6.45) is 4.86. The third-order valence-corrected chi connectivity index (χ3v) is 4.78. The Bertz CT molecular complexity index is 843. The summed E-state index contributed by atoms with van der Waals surface area (Å²) in [4.78, 5) is 0. The molecule has 0 fully saturated rings. The zero-order chi connectivity index (χ0) is 17.0. The molecule has 0 aliphatic rings. The third kappa shape index (κ3) is 4.09. The van der Waals surface area contributed by atoms with Gasteiger partial charge in [-0.3, -0.25) is 4.68 Å². The van der Waals surface area contributed by atoms with E-state index in [4.69, 9.17) is 4.42 Å². The maximum absolute atomic E-state index is 13.2. The van der Waals surface area contributed by atoms with Crippen LogP contribution in [0.25, 0.3) is 0 Å². The largest absolute Gasteiger partial charge is 0.467 e. The Hall–Kier alpha value is -2.45. The van der Waals surface area contributed by atoms with Gasteiger partial charge in [0.15, 0.2) is 0 Å². The molecular formula is C16H16FN3O3S. The van der Waals surface area contributed by atoms with Gasteiger partial charge in [-0.1, -0.05) is 12.1 Å². The summed E-state index contributed by atoms with van der Waals surface area (Å²) in [5.74, 6) is -0.172. The highest BCUT2D eigenvalue weighted by molar-refractivity contribution is 7.88. The SMILES string of the molecule is O=S(=O)(Cc1cccc(F)c1)NCC(c1ccco1)n1cccn1. The Labute approximate surface area is 139 Å². The molecule has 24 heavy (non-hydrogen) atoms. The summed E-state index contributed by atoms with van der Waals surface area (Å²) >= 11 is 0. The Kier molecular flexibility index (Phi) is 4.77. The van der Waals surface area contributed by atoms with E-state index in [0.29, 0.717) is 11.3 Å². The summed E-state index contributed by atoms with van der Waals surface area (Å²) in [6, 6.07) is 10.4. The van der Waals surface area contributed by atoms with Crippen LogP contribution in [0.2, 0.25) is 0 Å². The number of nitrogens with zero attached hydrogens (tertiary/aromatic N) is 2. The molecule has 2 aromatic heterocycles. The van der Waals surface area contributed by atoms with Crippen LogP contribution in [0, 0.1) is 5.82 Å². The molecule has 0 amide bonds. The minimum absolute atomic E-state index is 0.0762. The van der Waals surface area contributed by atoms with Gasteiger partial charge >= 0.3 is 0 Å². The van der Waals surface area contributed by atoms with Crippen LogP contribution in [0.5, 0.6) is 0 Å². The fourth-order valence-corrected chi connectivity index (χ4v) is 3.51. The predicted octanol–water partition coefficient (Wildman–Crippen LogP) is 2.32. The summed E-state index contributed by atoms with van der Waals surface area (Å²) < 4.78 is 47.2. The minimum Gasteiger partial charge on any atom is -0.467 e. The van der Waals surface area contributed by atoms with Gasteiger partial charge in [-0.25, -0.2) is 17.5 Å². The number of sulfonamides is 1. The van der Waals surface area contributed by atoms with Crippen molar-refractivity contribution in [3.05, 3.63) is 78.3 Å².